The molecule has 3 aromatic rings. The molecule has 2 aliphatic rings. The summed E-state index contributed by atoms with van der Waals surface area (Å²) in [6, 6.07) is 8.51. The van der Waals surface area contributed by atoms with Crippen molar-refractivity contribution in [2.75, 3.05) is 13.2 Å². The molecule has 2 aliphatic carbocycles. The Balaban J connectivity index is 1.16. The zero-order chi connectivity index (χ0) is 31.4. The van der Waals surface area contributed by atoms with Crippen LogP contribution < -0.4 is 4.74 Å². The highest BCUT2D eigenvalue weighted by Gasteiger charge is 2.28. The molecule has 2 nitrogen and oxygen atoms in total. The normalized spacial score (nSPS) is 20.5. The van der Waals surface area contributed by atoms with E-state index in [-0.39, 0.29) is 41.1 Å². The second kappa shape index (κ2) is 14.2. The van der Waals surface area contributed by atoms with Crippen molar-refractivity contribution in [1.29, 1.82) is 0 Å². The summed E-state index contributed by atoms with van der Waals surface area (Å²) in [6.45, 7) is 4.27. The van der Waals surface area contributed by atoms with Crippen LogP contribution in [0.1, 0.15) is 87.8 Å². The summed E-state index contributed by atoms with van der Waals surface area (Å²) in [5, 5.41) is 0. The van der Waals surface area contributed by atoms with E-state index in [1.54, 1.807) is 19.1 Å². The van der Waals surface area contributed by atoms with E-state index in [9.17, 15) is 17.6 Å². The van der Waals surface area contributed by atoms with Crippen LogP contribution in [0.3, 0.4) is 0 Å². The first-order valence-electron chi connectivity index (χ1n) is 15.6. The van der Waals surface area contributed by atoms with Crippen LogP contribution in [0.4, 0.5) is 26.3 Å². The van der Waals surface area contributed by atoms with Gasteiger partial charge in [-0.25, -0.2) is 22.0 Å². The number of hydrogen-bond acceptors (Lipinski definition) is 2. The summed E-state index contributed by atoms with van der Waals surface area (Å²) in [6.07, 6.45) is 8.03. The van der Waals surface area contributed by atoms with Gasteiger partial charge in [0.1, 0.15) is 0 Å². The molecule has 44 heavy (non-hydrogen) atoms. The molecule has 1 atom stereocenters. The van der Waals surface area contributed by atoms with Gasteiger partial charge in [-0.1, -0.05) is 43.7 Å². The van der Waals surface area contributed by atoms with Crippen molar-refractivity contribution in [3.8, 4) is 16.9 Å². The number of hydrogen-bond donors (Lipinski definition) is 0. The number of rotatable bonds is 10. The van der Waals surface area contributed by atoms with Gasteiger partial charge in [-0.2, -0.15) is 4.39 Å². The van der Waals surface area contributed by atoms with Crippen molar-refractivity contribution in [1.82, 2.24) is 0 Å². The molecule has 0 aromatic heterocycles. The predicted octanol–water partition coefficient (Wildman–Crippen LogP) is 10.5. The minimum Gasteiger partial charge on any atom is -0.491 e. The minimum atomic E-state index is -1.30. The van der Waals surface area contributed by atoms with Crippen LogP contribution in [0.5, 0.6) is 5.75 Å². The summed E-state index contributed by atoms with van der Waals surface area (Å²) in [5.41, 5.74) is 0.907. The molecule has 0 aliphatic heterocycles. The molecular weight excluding hydrogens is 578 g/mol. The van der Waals surface area contributed by atoms with Crippen LogP contribution in [0, 0.1) is 40.8 Å². The van der Waals surface area contributed by atoms with E-state index >= 15 is 8.78 Å². The zero-order valence-electron chi connectivity index (χ0n) is 25.1. The zero-order valence-corrected chi connectivity index (χ0v) is 25.1. The smallest absolute Gasteiger partial charge is 0.201 e. The van der Waals surface area contributed by atoms with Gasteiger partial charge in [0.05, 0.1) is 12.7 Å². The van der Waals surface area contributed by atoms with E-state index in [4.69, 9.17) is 9.47 Å². The summed E-state index contributed by atoms with van der Waals surface area (Å²) in [5.74, 6) is -6.26. The summed E-state index contributed by atoms with van der Waals surface area (Å²) < 4.78 is 99.7. The van der Waals surface area contributed by atoms with Gasteiger partial charge in [-0.15, -0.1) is 0 Å². The Morgan fingerprint density at radius 2 is 1.34 bits per heavy atom. The maximum absolute atomic E-state index is 15.2. The monoisotopic (exact) mass is 616 g/mol. The maximum Gasteiger partial charge on any atom is 0.201 e. The second-order valence-electron chi connectivity index (χ2n) is 11.8. The van der Waals surface area contributed by atoms with Crippen LogP contribution >= 0.6 is 0 Å². The van der Waals surface area contributed by atoms with Gasteiger partial charge in [0.25, 0.3) is 0 Å². The average molecular weight is 617 g/mol. The molecule has 0 spiro atoms. The first kappa shape index (κ1) is 32.1. The molecule has 0 radical (unpaired) electrons. The molecular formula is C36H38F6O2. The number of allylic oxidation sites excluding steroid dienone is 1. The van der Waals surface area contributed by atoms with Crippen LogP contribution in [0.15, 0.2) is 42.5 Å². The molecule has 1 unspecified atom stereocenters. The lowest BCUT2D eigenvalue weighted by Gasteiger charge is -2.31. The molecule has 8 heteroatoms. The Kier molecular flexibility index (Phi) is 10.4. The van der Waals surface area contributed by atoms with Gasteiger partial charge in [-0.3, -0.25) is 0 Å². The van der Waals surface area contributed by atoms with Crippen molar-refractivity contribution in [3.05, 3.63) is 94.1 Å². The van der Waals surface area contributed by atoms with E-state index in [1.165, 1.54) is 24.3 Å². The van der Waals surface area contributed by atoms with Gasteiger partial charge in [0.2, 0.25) is 5.82 Å². The van der Waals surface area contributed by atoms with Crippen LogP contribution in [-0.4, -0.2) is 19.3 Å². The lowest BCUT2D eigenvalue weighted by molar-refractivity contribution is 0.0157. The van der Waals surface area contributed by atoms with Crippen molar-refractivity contribution in [2.45, 2.75) is 83.7 Å². The Morgan fingerprint density at radius 1 is 0.682 bits per heavy atom. The van der Waals surface area contributed by atoms with E-state index in [0.29, 0.717) is 54.9 Å². The molecule has 5 rings (SSSR count). The van der Waals surface area contributed by atoms with Crippen molar-refractivity contribution >= 4 is 5.57 Å². The number of aryl methyl sites for hydroxylation is 1. The van der Waals surface area contributed by atoms with Crippen LogP contribution in [0.25, 0.3) is 16.7 Å². The molecule has 1 fully saturated rings. The lowest BCUT2D eigenvalue weighted by atomic mass is 9.78. The van der Waals surface area contributed by atoms with Crippen molar-refractivity contribution in [3.63, 3.8) is 0 Å². The number of halogens is 6. The quantitative estimate of drug-likeness (QED) is 0.211. The van der Waals surface area contributed by atoms with Crippen LogP contribution in [0.2, 0.25) is 0 Å². The van der Waals surface area contributed by atoms with E-state index in [2.05, 4.69) is 0 Å². The number of benzene rings is 3. The third kappa shape index (κ3) is 6.70. The highest BCUT2D eigenvalue weighted by atomic mass is 19.2. The molecule has 0 saturated heterocycles. The maximum atomic E-state index is 15.2. The fourth-order valence-electron chi connectivity index (χ4n) is 6.51. The Morgan fingerprint density at radius 3 is 2.00 bits per heavy atom. The molecule has 0 heterocycles. The van der Waals surface area contributed by atoms with Gasteiger partial charge < -0.3 is 9.47 Å². The van der Waals surface area contributed by atoms with E-state index in [0.717, 1.165) is 32.1 Å². The minimum absolute atomic E-state index is 0.00299. The van der Waals surface area contributed by atoms with Crippen molar-refractivity contribution in [2.24, 2.45) is 5.92 Å². The Hall–Kier alpha value is -3.26. The van der Waals surface area contributed by atoms with E-state index < -0.39 is 34.9 Å². The predicted molar refractivity (Wildman–Crippen MR) is 159 cm³/mol. The molecule has 0 amide bonds. The largest absolute Gasteiger partial charge is 0.491 e. The topological polar surface area (TPSA) is 18.5 Å². The first-order valence-corrected chi connectivity index (χ1v) is 15.6. The average Bonchev–Trinajstić information content (AvgIpc) is 3.03. The third-order valence-corrected chi connectivity index (χ3v) is 8.99. The molecule has 0 bridgehead atoms. The first-order chi connectivity index (χ1) is 21.2. The fourth-order valence-corrected chi connectivity index (χ4v) is 6.51. The van der Waals surface area contributed by atoms with Gasteiger partial charge in [-0.05, 0) is 99.0 Å². The van der Waals surface area contributed by atoms with Gasteiger partial charge >= 0.3 is 0 Å². The summed E-state index contributed by atoms with van der Waals surface area (Å²) in [4.78, 5) is 0. The number of ether oxygens (including phenoxy) is 2. The highest BCUT2D eigenvalue weighted by Crippen LogP contribution is 2.39. The summed E-state index contributed by atoms with van der Waals surface area (Å²) >= 11 is 0. The Bertz CT molecular complexity index is 1510. The second-order valence-corrected chi connectivity index (χ2v) is 11.8. The molecule has 0 N–H and O–H groups in total. The highest BCUT2D eigenvalue weighted by molar-refractivity contribution is 5.72. The van der Waals surface area contributed by atoms with Gasteiger partial charge in [0, 0.05) is 23.3 Å². The third-order valence-electron chi connectivity index (χ3n) is 8.99. The SMILES string of the molecule is CCCc1ccc(C2CCC(COC3CC=C(c4ccc(-c5ccc(OCC)c(F)c5F)c(F)c4F)CC3)CC2)c(F)c1F. The van der Waals surface area contributed by atoms with Crippen molar-refractivity contribution < 1.29 is 35.8 Å². The van der Waals surface area contributed by atoms with Gasteiger partial charge in [0.15, 0.2) is 34.8 Å². The molecule has 236 valence electrons. The van der Waals surface area contributed by atoms with E-state index in [1.807, 2.05) is 13.0 Å². The standard InChI is InChI=1S/C36H38F6O2/c1-3-5-24-12-15-26(32(38)31(24)37)22-8-6-21(7-9-22)20-44-25-13-10-23(11-14-25)27-16-17-28(34(40)33(27)39)29-18-19-30(43-4-2)36(42)35(29)41/h10,12,15-19,21-22,25H,3-9,11,13-14,20H2,1-2H3. The molecule has 1 saturated carbocycles. The van der Waals surface area contributed by atoms with Crippen LogP contribution in [-0.2, 0) is 11.2 Å². The fraction of sp³-hybridized carbons (Fsp3) is 0.444. The summed E-state index contributed by atoms with van der Waals surface area (Å²) in [7, 11) is 0. The Labute approximate surface area is 255 Å². The lowest BCUT2D eigenvalue weighted by Crippen LogP contribution is -2.23. The molecule has 3 aromatic carbocycles.